The molecular formula is C21H48NO4P. The van der Waals surface area contributed by atoms with E-state index in [1.807, 2.05) is 0 Å². The Morgan fingerprint density at radius 3 is 1.11 bits per heavy atom. The molecule has 0 atom stereocenters. The molecule has 0 aliphatic rings. The van der Waals surface area contributed by atoms with E-state index in [9.17, 15) is 0 Å². The van der Waals surface area contributed by atoms with Gasteiger partial charge in [0.2, 0.25) is 0 Å². The molecule has 0 unspecified atom stereocenters. The van der Waals surface area contributed by atoms with Crippen molar-refractivity contribution in [3.05, 3.63) is 0 Å². The minimum Gasteiger partial charge on any atom is -0.756 e. The highest BCUT2D eigenvalue weighted by Crippen LogP contribution is 2.19. The summed E-state index contributed by atoms with van der Waals surface area (Å²) in [5.41, 5.74) is 0. The van der Waals surface area contributed by atoms with Crippen molar-refractivity contribution in [3.63, 3.8) is 0 Å². The lowest BCUT2D eigenvalue weighted by Crippen LogP contribution is -2.41. The van der Waals surface area contributed by atoms with Gasteiger partial charge in [-0.3, -0.25) is 4.57 Å². The zero-order chi connectivity index (χ0) is 21.0. The molecule has 0 radical (unpaired) electrons. The topological polar surface area (TPSA) is 80.6 Å². The highest BCUT2D eigenvalue weighted by molar-refractivity contribution is 7.43. The third-order valence-corrected chi connectivity index (χ3v) is 4.98. The summed E-state index contributed by atoms with van der Waals surface area (Å²) in [6.07, 6.45) is 21.6. The first-order chi connectivity index (χ1) is 12.6. The molecule has 2 N–H and O–H groups in total. The van der Waals surface area contributed by atoms with Crippen molar-refractivity contribution in [2.75, 3.05) is 27.2 Å². The fraction of sp³-hybridized carbons (Fsp3) is 1.00. The number of quaternary nitrogens is 1. The van der Waals surface area contributed by atoms with Crippen LogP contribution in [-0.4, -0.2) is 41.5 Å². The van der Waals surface area contributed by atoms with Gasteiger partial charge in [-0.2, -0.15) is 0 Å². The normalized spacial score (nSPS) is 12.0. The minimum absolute atomic E-state index is 1.24. The van der Waals surface area contributed by atoms with Gasteiger partial charge in [0, 0.05) is 0 Å². The van der Waals surface area contributed by atoms with Gasteiger partial charge in [0.05, 0.1) is 27.2 Å². The van der Waals surface area contributed by atoms with Crippen LogP contribution in [0.15, 0.2) is 0 Å². The summed E-state index contributed by atoms with van der Waals surface area (Å²) in [7, 11) is -0.0341. The number of unbranched alkanes of at least 4 members (excludes halogenated alkanes) is 13. The highest BCUT2D eigenvalue weighted by Gasteiger charge is 2.13. The van der Waals surface area contributed by atoms with Gasteiger partial charge in [0.25, 0.3) is 7.82 Å². The van der Waals surface area contributed by atoms with Crippen molar-refractivity contribution in [1.82, 2.24) is 0 Å². The maximum Gasteiger partial charge on any atom is 0.262 e. The third-order valence-electron chi connectivity index (χ3n) is 4.98. The number of nitrogens with zero attached hydrogens (tertiary/aromatic N) is 1. The molecular weight excluding hydrogens is 361 g/mol. The monoisotopic (exact) mass is 409 g/mol. The predicted octanol–water partition coefficient (Wildman–Crippen LogP) is 5.39. The van der Waals surface area contributed by atoms with Crippen LogP contribution in [0, 0.1) is 0 Å². The SMILES string of the molecule is CCCCCCCCCCC[N+](C)(C)CCCCCCCC.O=P([O-])(O)O. The van der Waals surface area contributed by atoms with Gasteiger partial charge < -0.3 is 19.2 Å². The summed E-state index contributed by atoms with van der Waals surface area (Å²) >= 11 is 0. The summed E-state index contributed by atoms with van der Waals surface area (Å²) in [6, 6.07) is 0. The minimum atomic E-state index is -4.89. The summed E-state index contributed by atoms with van der Waals surface area (Å²) < 4.78 is 10.0. The van der Waals surface area contributed by atoms with Gasteiger partial charge in [-0.05, 0) is 25.7 Å². The molecule has 0 fully saturated rings. The Bertz CT molecular complexity index is 337. The van der Waals surface area contributed by atoms with E-state index in [1.54, 1.807) is 0 Å². The van der Waals surface area contributed by atoms with Crippen LogP contribution in [0.1, 0.15) is 110 Å². The van der Waals surface area contributed by atoms with E-state index < -0.39 is 7.82 Å². The van der Waals surface area contributed by atoms with Crippen LogP contribution in [0.2, 0.25) is 0 Å². The molecule has 0 aromatic carbocycles. The standard InChI is InChI=1S/C21H46N.H3O4P/c1-5-7-9-11-13-14-15-17-19-21-22(3,4)20-18-16-12-10-8-6-2;1-5(2,3)4/h5-21H2,1-4H3;(H3,1,2,3,4)/q+1;/p-1. The van der Waals surface area contributed by atoms with Gasteiger partial charge in [0.1, 0.15) is 0 Å². The molecule has 0 amide bonds. The molecule has 0 aliphatic heterocycles. The van der Waals surface area contributed by atoms with E-state index in [0.717, 1.165) is 0 Å². The molecule has 0 rings (SSSR count). The lowest BCUT2D eigenvalue weighted by atomic mass is 10.1. The number of hydrogen-bond donors (Lipinski definition) is 2. The molecule has 0 aromatic heterocycles. The van der Waals surface area contributed by atoms with E-state index in [1.165, 1.54) is 114 Å². The molecule has 6 heteroatoms. The summed E-state index contributed by atoms with van der Waals surface area (Å²) in [5, 5.41) is 0. The Morgan fingerprint density at radius 1 is 0.630 bits per heavy atom. The lowest BCUT2D eigenvalue weighted by Gasteiger charge is -2.30. The molecule has 0 bridgehead atoms. The number of rotatable bonds is 17. The Kier molecular flexibility index (Phi) is 21.0. The van der Waals surface area contributed by atoms with E-state index >= 15 is 0 Å². The maximum atomic E-state index is 8.77. The first-order valence-corrected chi connectivity index (χ1v) is 12.7. The number of hydrogen-bond acceptors (Lipinski definition) is 2. The summed E-state index contributed by atoms with van der Waals surface area (Å²) in [4.78, 5) is 22.9. The highest BCUT2D eigenvalue weighted by atomic mass is 31.2. The lowest BCUT2D eigenvalue weighted by molar-refractivity contribution is -0.890. The second-order valence-electron chi connectivity index (χ2n) is 8.47. The van der Waals surface area contributed by atoms with E-state index in [-0.39, 0.29) is 0 Å². The van der Waals surface area contributed by atoms with E-state index in [4.69, 9.17) is 19.2 Å². The zero-order valence-corrected chi connectivity index (χ0v) is 19.5. The molecule has 27 heavy (non-hydrogen) atoms. The van der Waals surface area contributed by atoms with Gasteiger partial charge >= 0.3 is 0 Å². The molecule has 166 valence electrons. The Balaban J connectivity index is 0. The van der Waals surface area contributed by atoms with Crippen LogP contribution in [0.3, 0.4) is 0 Å². The maximum absolute atomic E-state index is 8.77. The van der Waals surface area contributed by atoms with E-state index in [0.29, 0.717) is 0 Å². The fourth-order valence-electron chi connectivity index (χ4n) is 3.28. The van der Waals surface area contributed by atoms with Crippen LogP contribution >= 0.6 is 7.82 Å². The second kappa shape index (κ2) is 19.4. The van der Waals surface area contributed by atoms with Crippen LogP contribution in [0.4, 0.5) is 0 Å². The van der Waals surface area contributed by atoms with Crippen LogP contribution in [-0.2, 0) is 4.57 Å². The van der Waals surface area contributed by atoms with Crippen LogP contribution in [0.5, 0.6) is 0 Å². The molecule has 0 spiro atoms. The second-order valence-corrected chi connectivity index (χ2v) is 9.45. The molecule has 0 aliphatic carbocycles. The summed E-state index contributed by atoms with van der Waals surface area (Å²) in [6.45, 7) is 7.35. The Labute approximate surface area is 169 Å². The molecule has 5 nitrogen and oxygen atoms in total. The van der Waals surface area contributed by atoms with Crippen molar-refractivity contribution in [1.29, 1.82) is 0 Å². The van der Waals surface area contributed by atoms with Crippen molar-refractivity contribution in [2.24, 2.45) is 0 Å². The van der Waals surface area contributed by atoms with Crippen molar-refractivity contribution < 1.29 is 23.7 Å². The quantitative estimate of drug-likeness (QED) is 0.192. The molecule has 0 saturated carbocycles. The van der Waals surface area contributed by atoms with Crippen LogP contribution < -0.4 is 4.89 Å². The molecule has 0 heterocycles. The number of phosphoric acid groups is 1. The Morgan fingerprint density at radius 2 is 0.852 bits per heavy atom. The summed E-state index contributed by atoms with van der Waals surface area (Å²) in [5.74, 6) is 0. The average molecular weight is 410 g/mol. The predicted molar refractivity (Wildman–Crippen MR) is 114 cm³/mol. The van der Waals surface area contributed by atoms with Crippen molar-refractivity contribution in [2.45, 2.75) is 110 Å². The Hall–Kier alpha value is 0.0700. The zero-order valence-electron chi connectivity index (χ0n) is 18.6. The van der Waals surface area contributed by atoms with Gasteiger partial charge in [0.15, 0.2) is 0 Å². The molecule has 0 saturated heterocycles. The van der Waals surface area contributed by atoms with Gasteiger partial charge in [-0.1, -0.05) is 84.5 Å². The largest absolute Gasteiger partial charge is 0.756 e. The first-order valence-electron chi connectivity index (χ1n) is 11.2. The van der Waals surface area contributed by atoms with Gasteiger partial charge in [-0.15, -0.1) is 0 Å². The molecule has 0 aromatic rings. The van der Waals surface area contributed by atoms with Gasteiger partial charge in [-0.25, -0.2) is 0 Å². The van der Waals surface area contributed by atoms with E-state index in [2.05, 4.69) is 27.9 Å². The van der Waals surface area contributed by atoms with Crippen molar-refractivity contribution >= 4 is 7.82 Å². The first kappa shape index (κ1) is 29.3. The smallest absolute Gasteiger partial charge is 0.262 e. The van der Waals surface area contributed by atoms with Crippen molar-refractivity contribution in [3.8, 4) is 0 Å². The van der Waals surface area contributed by atoms with Crippen LogP contribution in [0.25, 0.3) is 0 Å². The average Bonchev–Trinajstić information content (AvgIpc) is 2.55. The third kappa shape index (κ3) is 34.0. The fourth-order valence-corrected chi connectivity index (χ4v) is 3.28.